The molecular formula is C17H19NO5. The van der Waals surface area contributed by atoms with Gasteiger partial charge in [-0.05, 0) is 42.8 Å². The highest BCUT2D eigenvalue weighted by atomic mass is 16.5. The molecule has 1 aromatic heterocycles. The predicted octanol–water partition coefficient (Wildman–Crippen LogP) is 2.54. The van der Waals surface area contributed by atoms with Crippen molar-refractivity contribution in [3.8, 4) is 5.75 Å². The molecule has 0 aliphatic rings. The summed E-state index contributed by atoms with van der Waals surface area (Å²) in [5.41, 5.74) is 0.368. The van der Waals surface area contributed by atoms with Crippen LogP contribution in [0.15, 0.2) is 47.1 Å². The normalized spacial score (nSPS) is 10.1. The van der Waals surface area contributed by atoms with Gasteiger partial charge in [-0.15, -0.1) is 0 Å². The number of hydrogen-bond acceptors (Lipinski definition) is 5. The van der Waals surface area contributed by atoms with Crippen LogP contribution >= 0.6 is 0 Å². The summed E-state index contributed by atoms with van der Waals surface area (Å²) < 4.78 is 15.5. The largest absolute Gasteiger partial charge is 0.494 e. The van der Waals surface area contributed by atoms with Gasteiger partial charge in [-0.1, -0.05) is 6.92 Å². The van der Waals surface area contributed by atoms with Crippen LogP contribution in [0.5, 0.6) is 5.75 Å². The van der Waals surface area contributed by atoms with Crippen molar-refractivity contribution in [2.24, 2.45) is 0 Å². The molecule has 0 bridgehead atoms. The van der Waals surface area contributed by atoms with E-state index in [-0.39, 0.29) is 13.2 Å². The average molecular weight is 317 g/mol. The number of amides is 1. The Hall–Kier alpha value is -2.76. The zero-order valence-electron chi connectivity index (χ0n) is 12.9. The molecule has 1 heterocycles. The second-order valence-corrected chi connectivity index (χ2v) is 4.81. The first kappa shape index (κ1) is 16.6. The minimum absolute atomic E-state index is 0.257. The Morgan fingerprint density at radius 3 is 2.61 bits per heavy atom. The molecule has 1 amide bonds. The maximum absolute atomic E-state index is 11.8. The number of hydrogen-bond donors (Lipinski definition) is 1. The zero-order valence-corrected chi connectivity index (χ0v) is 12.9. The Kier molecular flexibility index (Phi) is 6.23. The fourth-order valence-corrected chi connectivity index (χ4v) is 1.77. The number of furan rings is 1. The molecule has 0 aliphatic carbocycles. The van der Waals surface area contributed by atoms with E-state index in [1.807, 2.05) is 6.92 Å². The maximum atomic E-state index is 11.8. The summed E-state index contributed by atoms with van der Waals surface area (Å²) in [6, 6.07) is 10.1. The highest BCUT2D eigenvalue weighted by molar-refractivity contribution is 5.91. The van der Waals surface area contributed by atoms with Crippen LogP contribution in [0, 0.1) is 0 Å². The molecule has 0 radical (unpaired) electrons. The molecule has 0 saturated carbocycles. The van der Waals surface area contributed by atoms with E-state index in [2.05, 4.69) is 5.32 Å². The number of benzene rings is 1. The van der Waals surface area contributed by atoms with E-state index in [1.165, 1.54) is 6.26 Å². The summed E-state index contributed by atoms with van der Waals surface area (Å²) in [5, 5.41) is 2.59. The molecule has 0 saturated heterocycles. The van der Waals surface area contributed by atoms with Crippen molar-refractivity contribution in [1.82, 2.24) is 5.32 Å². The van der Waals surface area contributed by atoms with Crippen LogP contribution < -0.4 is 10.1 Å². The van der Waals surface area contributed by atoms with Gasteiger partial charge < -0.3 is 19.2 Å². The van der Waals surface area contributed by atoms with E-state index in [4.69, 9.17) is 13.9 Å². The fourth-order valence-electron chi connectivity index (χ4n) is 1.77. The topological polar surface area (TPSA) is 77.8 Å². The molecule has 0 spiro atoms. The van der Waals surface area contributed by atoms with Crippen molar-refractivity contribution < 1.29 is 23.5 Å². The Morgan fingerprint density at radius 1 is 1.17 bits per heavy atom. The summed E-state index contributed by atoms with van der Waals surface area (Å²) in [7, 11) is 0. The summed E-state index contributed by atoms with van der Waals surface area (Å²) in [6.07, 6.45) is 2.44. The Labute approximate surface area is 134 Å². The molecule has 23 heavy (non-hydrogen) atoms. The molecule has 6 nitrogen and oxygen atoms in total. The molecule has 6 heteroatoms. The number of carbonyl (C=O) groups excluding carboxylic acids is 2. The molecule has 122 valence electrons. The summed E-state index contributed by atoms with van der Waals surface area (Å²) >= 11 is 0. The van der Waals surface area contributed by atoms with Gasteiger partial charge in [0.15, 0.2) is 6.61 Å². The lowest BCUT2D eigenvalue weighted by atomic mass is 10.2. The number of carbonyl (C=O) groups is 2. The first-order valence-corrected chi connectivity index (χ1v) is 7.38. The maximum Gasteiger partial charge on any atom is 0.338 e. The van der Waals surface area contributed by atoms with E-state index in [0.29, 0.717) is 23.7 Å². The molecule has 1 N–H and O–H groups in total. The molecule has 0 fully saturated rings. The highest BCUT2D eigenvalue weighted by Gasteiger charge is 2.10. The van der Waals surface area contributed by atoms with Crippen LogP contribution in [0.4, 0.5) is 0 Å². The van der Waals surface area contributed by atoms with Crippen molar-refractivity contribution >= 4 is 11.9 Å². The molecular weight excluding hydrogens is 298 g/mol. The van der Waals surface area contributed by atoms with Gasteiger partial charge in [0.1, 0.15) is 11.5 Å². The summed E-state index contributed by atoms with van der Waals surface area (Å²) in [6.45, 7) is 2.56. The molecule has 0 aliphatic heterocycles. The van der Waals surface area contributed by atoms with Gasteiger partial charge in [0.2, 0.25) is 0 Å². The molecule has 2 aromatic rings. The smallest absolute Gasteiger partial charge is 0.338 e. The van der Waals surface area contributed by atoms with Crippen LogP contribution in [-0.2, 0) is 16.1 Å². The Balaban J connectivity index is 1.74. The van der Waals surface area contributed by atoms with Crippen LogP contribution in [0.3, 0.4) is 0 Å². The molecule has 2 rings (SSSR count). The van der Waals surface area contributed by atoms with Gasteiger partial charge in [0.25, 0.3) is 5.91 Å². The quantitative estimate of drug-likeness (QED) is 0.757. The van der Waals surface area contributed by atoms with E-state index < -0.39 is 11.9 Å². The zero-order chi connectivity index (χ0) is 16.5. The van der Waals surface area contributed by atoms with Crippen LogP contribution in [0.25, 0.3) is 0 Å². The van der Waals surface area contributed by atoms with Gasteiger partial charge in [0, 0.05) is 0 Å². The third kappa shape index (κ3) is 5.50. The van der Waals surface area contributed by atoms with Crippen molar-refractivity contribution in [1.29, 1.82) is 0 Å². The molecule has 0 atom stereocenters. The van der Waals surface area contributed by atoms with Crippen molar-refractivity contribution in [2.75, 3.05) is 13.2 Å². The average Bonchev–Trinajstić information content (AvgIpc) is 3.10. The second kappa shape index (κ2) is 8.63. The van der Waals surface area contributed by atoms with Crippen LogP contribution in [-0.4, -0.2) is 25.1 Å². The van der Waals surface area contributed by atoms with Crippen LogP contribution in [0.2, 0.25) is 0 Å². The lowest BCUT2D eigenvalue weighted by molar-refractivity contribution is -0.124. The minimum atomic E-state index is -0.555. The predicted molar refractivity (Wildman–Crippen MR) is 83.1 cm³/mol. The third-order valence-electron chi connectivity index (χ3n) is 2.94. The lowest BCUT2D eigenvalue weighted by Gasteiger charge is -2.07. The van der Waals surface area contributed by atoms with E-state index in [1.54, 1.807) is 36.4 Å². The highest BCUT2D eigenvalue weighted by Crippen LogP contribution is 2.13. The third-order valence-corrected chi connectivity index (χ3v) is 2.94. The molecule has 1 aromatic carbocycles. The van der Waals surface area contributed by atoms with E-state index >= 15 is 0 Å². The van der Waals surface area contributed by atoms with E-state index in [9.17, 15) is 9.59 Å². The Bertz CT molecular complexity index is 619. The number of rotatable bonds is 8. The van der Waals surface area contributed by atoms with Gasteiger partial charge in [-0.25, -0.2) is 4.79 Å². The van der Waals surface area contributed by atoms with Crippen molar-refractivity contribution in [2.45, 2.75) is 19.9 Å². The fraction of sp³-hybridized carbons (Fsp3) is 0.294. The number of esters is 1. The van der Waals surface area contributed by atoms with Crippen molar-refractivity contribution in [3.63, 3.8) is 0 Å². The first-order chi connectivity index (χ1) is 11.2. The second-order valence-electron chi connectivity index (χ2n) is 4.81. The molecule has 0 unspecified atom stereocenters. The summed E-state index contributed by atoms with van der Waals surface area (Å²) in [5.74, 6) is 0.379. The first-order valence-electron chi connectivity index (χ1n) is 7.38. The monoisotopic (exact) mass is 317 g/mol. The van der Waals surface area contributed by atoms with Gasteiger partial charge in [0.05, 0.1) is 25.0 Å². The van der Waals surface area contributed by atoms with Gasteiger partial charge in [-0.2, -0.15) is 0 Å². The van der Waals surface area contributed by atoms with Gasteiger partial charge in [-0.3, -0.25) is 4.79 Å². The SMILES string of the molecule is CCCOc1ccc(C(=O)OCC(=O)NCc2ccco2)cc1. The number of ether oxygens (including phenoxy) is 2. The minimum Gasteiger partial charge on any atom is -0.494 e. The van der Waals surface area contributed by atoms with Crippen molar-refractivity contribution in [3.05, 3.63) is 54.0 Å². The van der Waals surface area contributed by atoms with Crippen LogP contribution in [0.1, 0.15) is 29.5 Å². The summed E-state index contributed by atoms with van der Waals surface area (Å²) in [4.78, 5) is 23.4. The van der Waals surface area contributed by atoms with Gasteiger partial charge >= 0.3 is 5.97 Å². The lowest BCUT2D eigenvalue weighted by Crippen LogP contribution is -2.28. The standard InChI is InChI=1S/C17H19NO5/c1-2-9-21-14-7-5-13(6-8-14)17(20)23-12-16(19)18-11-15-4-3-10-22-15/h3-8,10H,2,9,11-12H2,1H3,(H,18,19). The number of nitrogens with one attached hydrogen (secondary N) is 1. The Morgan fingerprint density at radius 2 is 1.96 bits per heavy atom. The van der Waals surface area contributed by atoms with E-state index in [0.717, 1.165) is 6.42 Å².